The molecule has 9 heteroatoms. The molecule has 4 rings (SSSR count). The normalized spacial score (nSPS) is 19.4. The number of nitrogens with one attached hydrogen (secondary N) is 2. The molecule has 1 fully saturated rings. The first-order valence-electron chi connectivity index (χ1n) is 10.7. The van der Waals surface area contributed by atoms with E-state index < -0.39 is 0 Å². The van der Waals surface area contributed by atoms with Crippen LogP contribution in [0.2, 0.25) is 0 Å². The van der Waals surface area contributed by atoms with Gasteiger partial charge in [0.25, 0.3) is 5.91 Å². The maximum absolute atomic E-state index is 13.2. The molecule has 8 nitrogen and oxygen atoms in total. The Hall–Kier alpha value is -3.59. The summed E-state index contributed by atoms with van der Waals surface area (Å²) in [6.07, 6.45) is 4.22. The molecule has 2 aromatic rings. The van der Waals surface area contributed by atoms with E-state index in [1.54, 1.807) is 54.7 Å². The zero-order valence-corrected chi connectivity index (χ0v) is 18.6. The van der Waals surface area contributed by atoms with Gasteiger partial charge in [-0.25, -0.2) is 9.82 Å². The third-order valence-electron chi connectivity index (χ3n) is 5.90. The summed E-state index contributed by atoms with van der Waals surface area (Å²) in [6.45, 7) is 0.599. The molecule has 2 amide bonds. The first kappa shape index (κ1) is 22.6. The predicted molar refractivity (Wildman–Crippen MR) is 119 cm³/mol. The van der Waals surface area contributed by atoms with Crippen LogP contribution in [0.3, 0.4) is 0 Å². The number of halogens is 1. The number of hydrogen-bond acceptors (Lipinski definition) is 6. The highest BCUT2D eigenvalue weighted by Crippen LogP contribution is 2.31. The van der Waals surface area contributed by atoms with Gasteiger partial charge in [-0.3, -0.25) is 9.59 Å². The molecule has 33 heavy (non-hydrogen) atoms. The van der Waals surface area contributed by atoms with Crippen LogP contribution in [0.1, 0.15) is 30.0 Å². The number of ether oxygens (including phenoxy) is 2. The quantitative estimate of drug-likeness (QED) is 0.638. The Balaban J connectivity index is 1.28. The lowest BCUT2D eigenvalue weighted by Crippen LogP contribution is -2.48. The van der Waals surface area contributed by atoms with Gasteiger partial charge in [0.05, 0.1) is 20.3 Å². The second-order valence-corrected chi connectivity index (χ2v) is 7.93. The van der Waals surface area contributed by atoms with Gasteiger partial charge in [0.15, 0.2) is 0 Å². The number of nitrogens with zero attached hydrogens (tertiary/aromatic N) is 2. The van der Waals surface area contributed by atoms with E-state index >= 15 is 0 Å². The van der Waals surface area contributed by atoms with E-state index in [1.807, 2.05) is 12.1 Å². The summed E-state index contributed by atoms with van der Waals surface area (Å²) in [5.41, 5.74) is 5.03. The summed E-state index contributed by atoms with van der Waals surface area (Å²) in [4.78, 5) is 26.9. The average molecular weight is 455 g/mol. The Labute approximate surface area is 191 Å². The van der Waals surface area contributed by atoms with Gasteiger partial charge >= 0.3 is 0 Å². The van der Waals surface area contributed by atoms with E-state index in [4.69, 9.17) is 9.47 Å². The predicted octanol–water partition coefficient (Wildman–Crippen LogP) is 2.48. The molecule has 0 aromatic heterocycles. The van der Waals surface area contributed by atoms with Gasteiger partial charge in [-0.2, -0.15) is 0 Å². The highest BCUT2D eigenvalue weighted by atomic mass is 19.1. The smallest absolute Gasteiger partial charge is 0.250 e. The van der Waals surface area contributed by atoms with Gasteiger partial charge in [0.2, 0.25) is 5.91 Å². The van der Waals surface area contributed by atoms with Crippen molar-refractivity contribution in [3.8, 4) is 11.5 Å². The fourth-order valence-corrected chi connectivity index (χ4v) is 4.04. The monoisotopic (exact) mass is 454 g/mol. The number of amides is 2. The third-order valence-corrected chi connectivity index (χ3v) is 5.90. The molecule has 2 aromatic carbocycles. The second-order valence-electron chi connectivity index (χ2n) is 7.93. The molecule has 2 atom stereocenters. The van der Waals surface area contributed by atoms with Crippen molar-refractivity contribution in [1.82, 2.24) is 20.7 Å². The Morgan fingerprint density at radius 3 is 2.67 bits per heavy atom. The SMILES string of the molecule is COc1ccc(CNC(=O)CCN2C=CN3NC(c4ccc(F)cc4)CC3C2=O)c(OC)c1. The third kappa shape index (κ3) is 5.09. The van der Waals surface area contributed by atoms with Crippen LogP contribution >= 0.6 is 0 Å². The van der Waals surface area contributed by atoms with Crippen molar-refractivity contribution in [2.75, 3.05) is 20.8 Å². The van der Waals surface area contributed by atoms with Crippen LogP contribution in [0, 0.1) is 5.82 Å². The molecular weight excluding hydrogens is 427 g/mol. The van der Waals surface area contributed by atoms with E-state index in [9.17, 15) is 14.0 Å². The van der Waals surface area contributed by atoms with Crippen molar-refractivity contribution in [1.29, 1.82) is 0 Å². The van der Waals surface area contributed by atoms with Crippen molar-refractivity contribution in [2.24, 2.45) is 0 Å². The van der Waals surface area contributed by atoms with E-state index in [2.05, 4.69) is 10.7 Å². The largest absolute Gasteiger partial charge is 0.497 e. The first-order valence-corrected chi connectivity index (χ1v) is 10.7. The van der Waals surface area contributed by atoms with Gasteiger partial charge < -0.3 is 24.7 Å². The van der Waals surface area contributed by atoms with Crippen molar-refractivity contribution in [3.05, 3.63) is 71.8 Å². The molecule has 0 aliphatic carbocycles. The number of methoxy groups -OCH3 is 2. The zero-order chi connectivity index (χ0) is 23.4. The van der Waals surface area contributed by atoms with Crippen molar-refractivity contribution >= 4 is 11.8 Å². The number of fused-ring (bicyclic) bond motifs is 1. The topological polar surface area (TPSA) is 83.1 Å². The second kappa shape index (κ2) is 9.91. The Morgan fingerprint density at radius 1 is 1.15 bits per heavy atom. The van der Waals surface area contributed by atoms with Crippen LogP contribution in [-0.2, 0) is 16.1 Å². The van der Waals surface area contributed by atoms with Crippen LogP contribution in [0.4, 0.5) is 4.39 Å². The number of hydrazine groups is 1. The molecule has 2 heterocycles. The summed E-state index contributed by atoms with van der Waals surface area (Å²) in [6, 6.07) is 11.2. The van der Waals surface area contributed by atoms with Crippen molar-refractivity contribution in [2.45, 2.75) is 31.5 Å². The number of carbonyl (C=O) groups is 2. The van der Waals surface area contributed by atoms with Crippen LogP contribution in [0.25, 0.3) is 0 Å². The number of benzene rings is 2. The maximum Gasteiger partial charge on any atom is 0.250 e. The van der Waals surface area contributed by atoms with Crippen LogP contribution in [0.5, 0.6) is 11.5 Å². The van der Waals surface area contributed by atoms with Crippen molar-refractivity contribution in [3.63, 3.8) is 0 Å². The molecule has 2 aliphatic heterocycles. The number of hydrogen-bond donors (Lipinski definition) is 2. The summed E-state index contributed by atoms with van der Waals surface area (Å²) < 4.78 is 23.7. The zero-order valence-electron chi connectivity index (χ0n) is 18.6. The molecular formula is C24H27FN4O4. The van der Waals surface area contributed by atoms with Gasteiger partial charge in [-0.1, -0.05) is 12.1 Å². The fraction of sp³-hybridized carbons (Fsp3) is 0.333. The van der Waals surface area contributed by atoms with Crippen LogP contribution in [0.15, 0.2) is 54.9 Å². The molecule has 0 bridgehead atoms. The fourth-order valence-electron chi connectivity index (χ4n) is 4.04. The molecule has 0 radical (unpaired) electrons. The molecule has 0 saturated carbocycles. The first-order chi connectivity index (χ1) is 16.0. The van der Waals surface area contributed by atoms with Gasteiger partial charge in [0, 0.05) is 43.5 Å². The van der Waals surface area contributed by atoms with Gasteiger partial charge in [-0.05, 0) is 36.2 Å². The van der Waals surface area contributed by atoms with Crippen LogP contribution in [-0.4, -0.2) is 48.5 Å². The van der Waals surface area contributed by atoms with E-state index in [1.165, 1.54) is 12.1 Å². The lowest BCUT2D eigenvalue weighted by molar-refractivity contribution is -0.134. The summed E-state index contributed by atoms with van der Waals surface area (Å²) in [5, 5.41) is 4.65. The molecule has 2 N–H and O–H groups in total. The molecule has 174 valence electrons. The lowest BCUT2D eigenvalue weighted by atomic mass is 10.0. The van der Waals surface area contributed by atoms with Gasteiger partial charge in [-0.15, -0.1) is 0 Å². The minimum Gasteiger partial charge on any atom is -0.497 e. The molecule has 2 aliphatic rings. The molecule has 2 unspecified atom stereocenters. The minimum atomic E-state index is -0.364. The number of carbonyl (C=O) groups excluding carboxylic acids is 2. The van der Waals surface area contributed by atoms with E-state index in [-0.39, 0.29) is 42.7 Å². The van der Waals surface area contributed by atoms with E-state index in [0.29, 0.717) is 24.5 Å². The average Bonchev–Trinajstić information content (AvgIpc) is 3.28. The van der Waals surface area contributed by atoms with Crippen LogP contribution < -0.4 is 20.2 Å². The van der Waals surface area contributed by atoms with E-state index in [0.717, 1.165) is 11.1 Å². The molecule has 0 spiro atoms. The summed E-state index contributed by atoms with van der Waals surface area (Å²) in [7, 11) is 3.15. The lowest BCUT2D eigenvalue weighted by Gasteiger charge is -2.31. The van der Waals surface area contributed by atoms with Crippen molar-refractivity contribution < 1.29 is 23.5 Å². The summed E-state index contributed by atoms with van der Waals surface area (Å²) >= 11 is 0. The Kier molecular flexibility index (Phi) is 6.79. The molecule has 1 saturated heterocycles. The standard InChI is InChI=1S/C24H27FN4O4/c1-32-19-8-5-17(22(13-19)33-2)15-26-23(30)9-10-28-11-12-29-21(24(28)31)14-20(27-29)16-3-6-18(25)7-4-16/h3-8,11-13,20-21,27H,9-10,14-15H2,1-2H3,(H,26,30). The summed E-state index contributed by atoms with van der Waals surface area (Å²) in [5.74, 6) is 0.785. The Morgan fingerprint density at radius 2 is 1.94 bits per heavy atom. The Bertz CT molecular complexity index is 1040. The number of rotatable bonds is 8. The highest BCUT2D eigenvalue weighted by Gasteiger charge is 2.39. The van der Waals surface area contributed by atoms with Gasteiger partial charge in [0.1, 0.15) is 23.4 Å². The minimum absolute atomic E-state index is 0.0702. The highest BCUT2D eigenvalue weighted by molar-refractivity contribution is 5.85. The maximum atomic E-state index is 13.2.